The Morgan fingerprint density at radius 2 is 1.43 bits per heavy atom. The van der Waals surface area contributed by atoms with Crippen molar-refractivity contribution in [2.45, 2.75) is 20.8 Å². The topological polar surface area (TPSA) is 65.7 Å². The highest BCUT2D eigenvalue weighted by Gasteiger charge is 2.44. The van der Waals surface area contributed by atoms with Crippen LogP contribution < -0.4 is 10.8 Å². The second-order valence-electron chi connectivity index (χ2n) is 2.45. The Morgan fingerprint density at radius 3 is 1.71 bits per heavy atom. The molecule has 0 aliphatic rings. The van der Waals surface area contributed by atoms with Gasteiger partial charge in [-0.2, -0.15) is 13.6 Å². The van der Waals surface area contributed by atoms with Crippen LogP contribution in [0, 0.1) is 0 Å². The molecule has 86 valence electrons. The molecular weight excluding hydrogens is 203 g/mol. The van der Waals surface area contributed by atoms with Crippen LogP contribution in [0.1, 0.15) is 20.8 Å². The average molecular weight is 225 g/mol. The van der Waals surface area contributed by atoms with Crippen molar-refractivity contribution in [3.05, 3.63) is 0 Å². The maximum absolute atomic E-state index is 5.51. The van der Waals surface area contributed by atoms with E-state index in [1.807, 2.05) is 20.8 Å². The highest BCUT2D eigenvalue weighted by Crippen LogP contribution is 2.57. The van der Waals surface area contributed by atoms with Crippen molar-refractivity contribution in [3.8, 4) is 0 Å². The molecule has 14 heavy (non-hydrogen) atoms. The highest BCUT2D eigenvalue weighted by atomic mass is 31.2. The van der Waals surface area contributed by atoms with Crippen LogP contribution in [-0.2, 0) is 13.6 Å². The van der Waals surface area contributed by atoms with Crippen LogP contribution in [0.3, 0.4) is 0 Å². The molecule has 0 saturated heterocycles. The van der Waals surface area contributed by atoms with Crippen LogP contribution in [0.25, 0.3) is 0 Å². The second-order valence-corrected chi connectivity index (χ2v) is 4.53. The van der Waals surface area contributed by atoms with E-state index in [1.54, 1.807) is 0 Å². The predicted octanol–water partition coefficient (Wildman–Crippen LogP) is 1.32. The van der Waals surface area contributed by atoms with Gasteiger partial charge in [-0.3, -0.25) is 0 Å². The zero-order chi connectivity index (χ0) is 10.9. The lowest BCUT2D eigenvalue weighted by Gasteiger charge is -2.19. The Bertz CT molecular complexity index is 121. The van der Waals surface area contributed by atoms with E-state index in [1.165, 1.54) is 0 Å². The molecule has 0 fully saturated rings. The molecule has 0 amide bonds. The largest absolute Gasteiger partial charge is 0.501 e. The van der Waals surface area contributed by atoms with Gasteiger partial charge in [-0.1, -0.05) is 0 Å². The first kappa shape index (κ1) is 14.2. The first-order valence-corrected chi connectivity index (χ1v) is 6.56. The van der Waals surface area contributed by atoms with E-state index in [9.17, 15) is 0 Å². The van der Waals surface area contributed by atoms with Gasteiger partial charge in [0.2, 0.25) is 0 Å². The lowest BCUT2D eigenvalue weighted by molar-refractivity contribution is 0.141. The van der Waals surface area contributed by atoms with Gasteiger partial charge in [0.25, 0.3) is 0 Å². The van der Waals surface area contributed by atoms with Crippen molar-refractivity contribution >= 4 is 8.09 Å². The van der Waals surface area contributed by atoms with Crippen molar-refractivity contribution in [1.82, 2.24) is 5.09 Å². The first-order chi connectivity index (χ1) is 6.74. The Hall–Kier alpha value is 0.230. The average Bonchev–Trinajstić information content (AvgIpc) is 2.16. The highest BCUT2D eigenvalue weighted by molar-refractivity contribution is 7.59. The van der Waals surface area contributed by atoms with Gasteiger partial charge in [0.15, 0.2) is 0 Å². The van der Waals surface area contributed by atoms with Gasteiger partial charge >= 0.3 is 8.09 Å². The number of nitrogens with one attached hydrogen (secondary N) is 1. The third kappa shape index (κ3) is 5.20. The van der Waals surface area contributed by atoms with Gasteiger partial charge < -0.3 is 5.73 Å². The zero-order valence-electron chi connectivity index (χ0n) is 9.28. The van der Waals surface area contributed by atoms with E-state index in [4.69, 9.17) is 19.3 Å². The number of hydrogen-bond acceptors (Lipinski definition) is 5. The third-order valence-electron chi connectivity index (χ3n) is 1.35. The second kappa shape index (κ2) is 8.53. The SMILES string of the molecule is CCO[P+](NCCN)(OCC)OCC. The molecule has 6 heteroatoms. The zero-order valence-corrected chi connectivity index (χ0v) is 10.2. The molecular formula is C8H22N2O3P+. The molecule has 0 bridgehead atoms. The summed E-state index contributed by atoms with van der Waals surface area (Å²) in [6, 6.07) is 0. The Kier molecular flexibility index (Phi) is 8.67. The lowest BCUT2D eigenvalue weighted by Crippen LogP contribution is -2.27. The summed E-state index contributed by atoms with van der Waals surface area (Å²) < 4.78 is 16.5. The minimum atomic E-state index is -2.34. The maximum Gasteiger partial charge on any atom is 0.501 e. The Morgan fingerprint density at radius 1 is 1.00 bits per heavy atom. The summed E-state index contributed by atoms with van der Waals surface area (Å²) in [4.78, 5) is 0. The van der Waals surface area contributed by atoms with Gasteiger partial charge in [-0.05, 0) is 20.8 Å². The molecule has 3 N–H and O–H groups in total. The summed E-state index contributed by atoms with van der Waals surface area (Å²) in [7, 11) is -2.34. The van der Waals surface area contributed by atoms with E-state index < -0.39 is 8.09 Å². The van der Waals surface area contributed by atoms with Crippen molar-refractivity contribution < 1.29 is 13.6 Å². The molecule has 0 heterocycles. The molecule has 0 aromatic heterocycles. The molecule has 0 spiro atoms. The quantitative estimate of drug-likeness (QED) is 0.579. The van der Waals surface area contributed by atoms with E-state index >= 15 is 0 Å². The maximum atomic E-state index is 5.51. The molecule has 5 nitrogen and oxygen atoms in total. The monoisotopic (exact) mass is 225 g/mol. The van der Waals surface area contributed by atoms with Crippen LogP contribution in [-0.4, -0.2) is 32.9 Å². The van der Waals surface area contributed by atoms with Crippen LogP contribution >= 0.6 is 8.09 Å². The summed E-state index contributed by atoms with van der Waals surface area (Å²) in [6.07, 6.45) is 0. The van der Waals surface area contributed by atoms with Crippen molar-refractivity contribution in [2.75, 3.05) is 32.9 Å². The number of nitrogens with two attached hydrogens (primary N) is 1. The van der Waals surface area contributed by atoms with E-state index in [0.717, 1.165) is 0 Å². The third-order valence-corrected chi connectivity index (χ3v) is 3.75. The van der Waals surface area contributed by atoms with E-state index in [-0.39, 0.29) is 0 Å². The standard InChI is InChI=1S/C8H22N2O3P/c1-4-11-14(12-5-2,13-6-3)10-8-7-9/h10H,4-9H2,1-3H3/q+1. The van der Waals surface area contributed by atoms with Crippen molar-refractivity contribution in [2.24, 2.45) is 5.73 Å². The van der Waals surface area contributed by atoms with Crippen LogP contribution in [0.4, 0.5) is 0 Å². The summed E-state index contributed by atoms with van der Waals surface area (Å²) in [5, 5.41) is 3.11. The van der Waals surface area contributed by atoms with E-state index in [2.05, 4.69) is 5.09 Å². The van der Waals surface area contributed by atoms with Gasteiger partial charge in [-0.25, -0.2) is 0 Å². The molecule has 0 aliphatic carbocycles. The fourth-order valence-electron chi connectivity index (χ4n) is 0.960. The Balaban J connectivity index is 4.21. The van der Waals surface area contributed by atoms with Crippen LogP contribution in [0.5, 0.6) is 0 Å². The fourth-order valence-corrected chi connectivity index (χ4v) is 2.88. The van der Waals surface area contributed by atoms with Crippen LogP contribution in [0.2, 0.25) is 0 Å². The normalized spacial score (nSPS) is 12.0. The fraction of sp³-hybridized carbons (Fsp3) is 1.00. The van der Waals surface area contributed by atoms with Gasteiger partial charge in [0.1, 0.15) is 0 Å². The molecule has 0 aromatic rings. The Labute approximate surface area is 86.9 Å². The molecule has 0 aromatic carbocycles. The molecule has 0 unspecified atom stereocenters. The van der Waals surface area contributed by atoms with E-state index in [0.29, 0.717) is 32.9 Å². The summed E-state index contributed by atoms with van der Waals surface area (Å²) in [5.74, 6) is 0. The van der Waals surface area contributed by atoms with Crippen molar-refractivity contribution in [1.29, 1.82) is 0 Å². The van der Waals surface area contributed by atoms with Gasteiger partial charge in [-0.15, -0.1) is 5.09 Å². The number of rotatable bonds is 9. The minimum absolute atomic E-state index is 0.537. The predicted molar refractivity (Wildman–Crippen MR) is 58.9 cm³/mol. The van der Waals surface area contributed by atoms with Gasteiger partial charge in [0, 0.05) is 6.54 Å². The molecule has 0 saturated carbocycles. The van der Waals surface area contributed by atoms with Gasteiger partial charge in [0.05, 0.1) is 26.4 Å². The lowest BCUT2D eigenvalue weighted by atomic mass is 10.7. The molecule has 0 rings (SSSR count). The smallest absolute Gasteiger partial charge is 0.329 e. The molecule has 0 radical (unpaired) electrons. The molecule has 0 atom stereocenters. The first-order valence-electron chi connectivity index (χ1n) is 5.02. The van der Waals surface area contributed by atoms with Crippen molar-refractivity contribution in [3.63, 3.8) is 0 Å². The molecule has 0 aliphatic heterocycles. The summed E-state index contributed by atoms with van der Waals surface area (Å²) in [5.41, 5.74) is 5.41. The van der Waals surface area contributed by atoms with Crippen LogP contribution in [0.15, 0.2) is 0 Å². The minimum Gasteiger partial charge on any atom is -0.329 e. The summed E-state index contributed by atoms with van der Waals surface area (Å²) in [6.45, 7) is 8.59. The summed E-state index contributed by atoms with van der Waals surface area (Å²) >= 11 is 0. The number of hydrogen-bond donors (Lipinski definition) is 2.